The molecule has 1 aromatic heterocycles. The van der Waals surface area contributed by atoms with E-state index in [1.54, 1.807) is 4.90 Å². The van der Waals surface area contributed by atoms with Crippen molar-refractivity contribution in [3.05, 3.63) is 65.0 Å². The molecule has 7 nitrogen and oxygen atoms in total. The molecular weight excluding hydrogens is 406 g/mol. The van der Waals surface area contributed by atoms with Crippen LogP contribution in [0.15, 0.2) is 42.5 Å². The average molecular weight is 434 g/mol. The van der Waals surface area contributed by atoms with Crippen LogP contribution < -0.4 is 0 Å². The van der Waals surface area contributed by atoms with Gasteiger partial charge in [0.2, 0.25) is 0 Å². The number of aliphatic carboxylic acids is 1. The summed E-state index contributed by atoms with van der Waals surface area (Å²) in [5.41, 5.74) is 4.86. The molecule has 32 heavy (non-hydrogen) atoms. The number of amides is 1. The van der Waals surface area contributed by atoms with Gasteiger partial charge in [-0.1, -0.05) is 42.8 Å². The van der Waals surface area contributed by atoms with Crippen molar-refractivity contribution in [2.45, 2.75) is 50.6 Å². The second-order valence-electron chi connectivity index (χ2n) is 8.72. The van der Waals surface area contributed by atoms with Crippen LogP contribution in [0.25, 0.3) is 11.0 Å². The highest BCUT2D eigenvalue weighted by molar-refractivity contribution is 5.83. The number of carboxylic acid groups (broad SMARTS) is 1. The summed E-state index contributed by atoms with van der Waals surface area (Å²) in [4.78, 5) is 31.1. The van der Waals surface area contributed by atoms with Crippen LogP contribution in [0.3, 0.4) is 0 Å². The van der Waals surface area contributed by atoms with Crippen LogP contribution in [-0.2, 0) is 29.0 Å². The highest BCUT2D eigenvalue weighted by Gasteiger charge is 2.31. The van der Waals surface area contributed by atoms with Gasteiger partial charge in [-0.2, -0.15) is 0 Å². The molecule has 0 spiro atoms. The minimum absolute atomic E-state index is 0.332. The molecule has 1 aliphatic carbocycles. The lowest BCUT2D eigenvalue weighted by Crippen LogP contribution is -2.35. The maximum Gasteiger partial charge on any atom is 0.409 e. The van der Waals surface area contributed by atoms with Gasteiger partial charge in [-0.25, -0.2) is 9.78 Å². The molecule has 0 radical (unpaired) electrons. The molecule has 0 bridgehead atoms. The van der Waals surface area contributed by atoms with Gasteiger partial charge < -0.3 is 19.3 Å². The van der Waals surface area contributed by atoms with E-state index in [1.807, 2.05) is 30.3 Å². The van der Waals surface area contributed by atoms with Gasteiger partial charge in [0, 0.05) is 24.6 Å². The molecule has 1 N–H and O–H groups in total. The minimum atomic E-state index is -0.840. The van der Waals surface area contributed by atoms with Crippen molar-refractivity contribution >= 4 is 23.1 Å². The Morgan fingerprint density at radius 3 is 2.62 bits per heavy atom. The van der Waals surface area contributed by atoms with Crippen molar-refractivity contribution in [3.63, 3.8) is 0 Å². The van der Waals surface area contributed by atoms with E-state index in [2.05, 4.69) is 16.7 Å². The molecule has 1 fully saturated rings. The molecule has 0 saturated heterocycles. The van der Waals surface area contributed by atoms with Crippen LogP contribution in [0.1, 0.15) is 53.6 Å². The van der Waals surface area contributed by atoms with E-state index in [-0.39, 0.29) is 6.09 Å². The molecular formula is C25H27N3O4. The average Bonchev–Trinajstić information content (AvgIpc) is 3.13. The molecule has 2 heterocycles. The Bertz CT molecular complexity index is 1170. The molecule has 0 unspecified atom stereocenters. The SMILES string of the molecule is COC(=O)N1CCc2ccc3c(nc(C4CCC4)n3C[C@@H](C(=O)O)c3ccccc3)c2C1. The van der Waals surface area contributed by atoms with Gasteiger partial charge in [0.05, 0.1) is 30.6 Å². The lowest BCUT2D eigenvalue weighted by atomic mass is 9.84. The van der Waals surface area contributed by atoms with Gasteiger partial charge in [0.25, 0.3) is 0 Å². The van der Waals surface area contributed by atoms with Gasteiger partial charge in [0.1, 0.15) is 5.82 Å². The van der Waals surface area contributed by atoms with E-state index >= 15 is 0 Å². The molecule has 1 aliphatic heterocycles. The van der Waals surface area contributed by atoms with Gasteiger partial charge >= 0.3 is 12.1 Å². The summed E-state index contributed by atoms with van der Waals surface area (Å²) < 4.78 is 7.05. The molecule has 5 rings (SSSR count). The first-order valence-electron chi connectivity index (χ1n) is 11.2. The van der Waals surface area contributed by atoms with Crippen LogP contribution >= 0.6 is 0 Å². The van der Waals surface area contributed by atoms with Crippen LogP contribution in [-0.4, -0.2) is 45.3 Å². The standard InChI is InChI=1S/C25H27N3O4/c1-32-25(31)27-13-12-17-10-11-21-22(19(17)14-27)26-23(18-8-5-9-18)28(21)15-20(24(29)30)16-6-3-2-4-7-16/h2-4,6-7,10-11,18,20H,5,8-9,12-15H2,1H3,(H,29,30)/t20-/m1/s1. The second kappa shape index (κ2) is 8.30. The molecule has 1 atom stereocenters. The number of hydrogen-bond donors (Lipinski definition) is 1. The van der Waals surface area contributed by atoms with E-state index < -0.39 is 11.9 Å². The van der Waals surface area contributed by atoms with E-state index in [1.165, 1.54) is 19.1 Å². The predicted octanol–water partition coefficient (Wildman–Crippen LogP) is 4.30. The fraction of sp³-hybridized carbons (Fsp3) is 0.400. The topological polar surface area (TPSA) is 84.7 Å². The van der Waals surface area contributed by atoms with Crippen LogP contribution in [0.4, 0.5) is 4.79 Å². The Morgan fingerprint density at radius 2 is 1.97 bits per heavy atom. The summed E-state index contributed by atoms with van der Waals surface area (Å²) in [6.07, 6.45) is 3.74. The monoisotopic (exact) mass is 433 g/mol. The number of methoxy groups -OCH3 is 1. The second-order valence-corrected chi connectivity index (χ2v) is 8.72. The van der Waals surface area contributed by atoms with Crippen molar-refractivity contribution in [1.29, 1.82) is 0 Å². The first-order chi connectivity index (χ1) is 15.6. The zero-order chi connectivity index (χ0) is 22.2. The van der Waals surface area contributed by atoms with Gasteiger partial charge in [-0.05, 0) is 36.5 Å². The van der Waals surface area contributed by atoms with Crippen LogP contribution in [0.2, 0.25) is 0 Å². The minimum Gasteiger partial charge on any atom is -0.481 e. The third-order valence-electron chi connectivity index (χ3n) is 6.92. The molecule has 1 saturated carbocycles. The van der Waals surface area contributed by atoms with Crippen molar-refractivity contribution in [2.75, 3.05) is 13.7 Å². The van der Waals surface area contributed by atoms with Crippen molar-refractivity contribution in [2.24, 2.45) is 0 Å². The molecule has 1 amide bonds. The number of benzene rings is 2. The molecule has 2 aliphatic rings. The molecule has 3 aromatic rings. The first-order valence-corrected chi connectivity index (χ1v) is 11.2. The lowest BCUT2D eigenvalue weighted by Gasteiger charge is -2.27. The fourth-order valence-corrected chi connectivity index (χ4v) is 4.89. The number of carboxylic acids is 1. The highest BCUT2D eigenvalue weighted by Crippen LogP contribution is 2.39. The number of carbonyl (C=O) groups excluding carboxylic acids is 1. The highest BCUT2D eigenvalue weighted by atomic mass is 16.5. The number of nitrogens with zero attached hydrogens (tertiary/aromatic N) is 3. The Balaban J connectivity index is 1.60. The van der Waals surface area contributed by atoms with Crippen molar-refractivity contribution in [1.82, 2.24) is 14.5 Å². The predicted molar refractivity (Wildman–Crippen MR) is 120 cm³/mol. The smallest absolute Gasteiger partial charge is 0.409 e. The van der Waals surface area contributed by atoms with E-state index in [0.717, 1.165) is 47.2 Å². The third-order valence-corrected chi connectivity index (χ3v) is 6.92. The Labute approximate surface area is 186 Å². The summed E-state index contributed by atoms with van der Waals surface area (Å²) in [5, 5.41) is 10.0. The van der Waals surface area contributed by atoms with Crippen molar-refractivity contribution < 1.29 is 19.4 Å². The number of imidazole rings is 1. The maximum atomic E-state index is 12.2. The fourth-order valence-electron chi connectivity index (χ4n) is 4.89. The molecule has 7 heteroatoms. The maximum absolute atomic E-state index is 12.2. The summed E-state index contributed by atoms with van der Waals surface area (Å²) >= 11 is 0. The zero-order valence-corrected chi connectivity index (χ0v) is 18.2. The first kappa shape index (κ1) is 20.5. The number of aromatic nitrogens is 2. The van der Waals surface area contributed by atoms with Gasteiger partial charge in [0.15, 0.2) is 0 Å². The van der Waals surface area contributed by atoms with Crippen LogP contribution in [0.5, 0.6) is 0 Å². The molecule has 166 valence electrons. The normalized spacial score (nSPS) is 17.0. The summed E-state index contributed by atoms with van der Waals surface area (Å²) in [6, 6.07) is 13.6. The number of rotatable bonds is 5. The van der Waals surface area contributed by atoms with E-state index in [9.17, 15) is 14.7 Å². The Kier molecular flexibility index (Phi) is 5.33. The summed E-state index contributed by atoms with van der Waals surface area (Å²) in [7, 11) is 1.40. The summed E-state index contributed by atoms with van der Waals surface area (Å²) in [5.74, 6) is -0.178. The van der Waals surface area contributed by atoms with Crippen molar-refractivity contribution in [3.8, 4) is 0 Å². The van der Waals surface area contributed by atoms with E-state index in [0.29, 0.717) is 25.6 Å². The Hall–Kier alpha value is -3.35. The largest absolute Gasteiger partial charge is 0.481 e. The van der Waals surface area contributed by atoms with E-state index in [4.69, 9.17) is 9.72 Å². The summed E-state index contributed by atoms with van der Waals surface area (Å²) in [6.45, 7) is 1.42. The number of carbonyl (C=O) groups is 2. The number of fused-ring (bicyclic) bond motifs is 3. The lowest BCUT2D eigenvalue weighted by molar-refractivity contribution is -0.139. The quantitative estimate of drug-likeness (QED) is 0.649. The number of hydrogen-bond acceptors (Lipinski definition) is 4. The van der Waals surface area contributed by atoms with Gasteiger partial charge in [-0.15, -0.1) is 0 Å². The Morgan fingerprint density at radius 1 is 1.19 bits per heavy atom. The molecule has 2 aromatic carbocycles. The van der Waals surface area contributed by atoms with Gasteiger partial charge in [-0.3, -0.25) is 4.79 Å². The van der Waals surface area contributed by atoms with Crippen LogP contribution in [0, 0.1) is 0 Å². The number of ether oxygens (including phenoxy) is 1. The third kappa shape index (κ3) is 3.51. The zero-order valence-electron chi connectivity index (χ0n) is 18.2.